The lowest BCUT2D eigenvalue weighted by Gasteiger charge is -2.08. The second kappa shape index (κ2) is 9.66. The normalized spacial score (nSPS) is 10.8. The van der Waals surface area contributed by atoms with Gasteiger partial charge < -0.3 is 5.32 Å². The maximum absolute atomic E-state index is 12.2. The van der Waals surface area contributed by atoms with Gasteiger partial charge in [-0.25, -0.2) is 10.5 Å². The topological polar surface area (TPSA) is 107 Å². The number of rotatable bonds is 9. The molecule has 1 aromatic heterocycles. The number of benzene rings is 2. The number of aryl methyl sites for hydroxylation is 1. The summed E-state index contributed by atoms with van der Waals surface area (Å²) < 4.78 is 0. The number of fused-ring (bicyclic) bond motifs is 1. The van der Waals surface area contributed by atoms with Crippen molar-refractivity contribution in [3.63, 3.8) is 0 Å². The van der Waals surface area contributed by atoms with E-state index < -0.39 is 0 Å². The molecule has 3 aromatic rings. The molecule has 0 fully saturated rings. The number of aromatic amines is 1. The number of nitrogens with one attached hydrogen (secondary N) is 3. The summed E-state index contributed by atoms with van der Waals surface area (Å²) in [7, 11) is 0. The van der Waals surface area contributed by atoms with E-state index in [9.17, 15) is 9.59 Å². The first-order valence-corrected chi connectivity index (χ1v) is 9.43. The third-order valence-electron chi connectivity index (χ3n) is 4.55. The van der Waals surface area contributed by atoms with Crippen LogP contribution in [0.5, 0.6) is 0 Å². The molecule has 0 spiro atoms. The number of nitrogens with zero attached hydrogens (tertiary/aromatic N) is 1. The first-order chi connectivity index (χ1) is 13.7. The van der Waals surface area contributed by atoms with Gasteiger partial charge in [0.15, 0.2) is 0 Å². The lowest BCUT2D eigenvalue weighted by atomic mass is 10.0. The molecule has 7 heteroatoms. The van der Waals surface area contributed by atoms with Gasteiger partial charge in [0.05, 0.1) is 10.9 Å². The van der Waals surface area contributed by atoms with Gasteiger partial charge in [0.2, 0.25) is 11.9 Å². The number of unbranched alkanes of at least 4 members (excludes halogenated alkanes) is 3. The maximum Gasteiger partial charge on any atom is 0.260 e. The van der Waals surface area contributed by atoms with Crippen LogP contribution in [0.15, 0.2) is 53.3 Å². The van der Waals surface area contributed by atoms with E-state index in [-0.39, 0.29) is 11.5 Å². The molecule has 0 bridgehead atoms. The van der Waals surface area contributed by atoms with Gasteiger partial charge >= 0.3 is 0 Å². The van der Waals surface area contributed by atoms with Gasteiger partial charge in [-0.15, -0.1) is 0 Å². The van der Waals surface area contributed by atoms with Crippen LogP contribution in [-0.4, -0.2) is 21.1 Å². The molecule has 2 aromatic carbocycles. The van der Waals surface area contributed by atoms with Crippen LogP contribution < -0.4 is 16.4 Å². The van der Waals surface area contributed by atoms with Gasteiger partial charge in [0, 0.05) is 12.1 Å². The lowest BCUT2D eigenvalue weighted by molar-refractivity contribution is -0.129. The standard InChI is InChI=1S/C21H24N4O3/c26-19(25-28)13-4-2-1-3-8-15-9-7-10-16(14-15)22-21-23-18-12-6-5-11-17(18)20(27)24-21/h5-7,9-12,14,28H,1-4,8,13H2,(H,25,26)(H2,22,23,24,27). The van der Waals surface area contributed by atoms with Gasteiger partial charge in [-0.05, 0) is 49.1 Å². The molecule has 0 unspecified atom stereocenters. The van der Waals surface area contributed by atoms with Crippen molar-refractivity contribution in [1.82, 2.24) is 15.4 Å². The molecule has 0 aliphatic carbocycles. The van der Waals surface area contributed by atoms with E-state index in [1.54, 1.807) is 11.5 Å². The molecule has 0 aliphatic rings. The summed E-state index contributed by atoms with van der Waals surface area (Å²) in [5, 5.41) is 12.2. The van der Waals surface area contributed by atoms with Crippen molar-refractivity contribution in [2.75, 3.05) is 5.32 Å². The van der Waals surface area contributed by atoms with Crippen molar-refractivity contribution < 1.29 is 10.0 Å². The number of H-pyrrole nitrogens is 1. The molecule has 7 nitrogen and oxygen atoms in total. The van der Waals surface area contributed by atoms with Crippen LogP contribution in [0.25, 0.3) is 10.9 Å². The Hall–Kier alpha value is -3.19. The van der Waals surface area contributed by atoms with E-state index in [2.05, 4.69) is 21.4 Å². The zero-order chi connectivity index (χ0) is 19.8. The van der Waals surface area contributed by atoms with Crippen LogP contribution in [0.4, 0.5) is 11.6 Å². The molecule has 0 aliphatic heterocycles. The Labute approximate surface area is 162 Å². The highest BCUT2D eigenvalue weighted by Gasteiger charge is 2.04. The van der Waals surface area contributed by atoms with Crippen molar-refractivity contribution in [3.05, 3.63) is 64.4 Å². The lowest BCUT2D eigenvalue weighted by Crippen LogP contribution is -2.17. The van der Waals surface area contributed by atoms with Crippen LogP contribution in [0, 0.1) is 0 Å². The Kier molecular flexibility index (Phi) is 6.75. The summed E-state index contributed by atoms with van der Waals surface area (Å²) in [6.45, 7) is 0. The van der Waals surface area contributed by atoms with Gasteiger partial charge in [-0.3, -0.25) is 19.8 Å². The maximum atomic E-state index is 12.2. The van der Waals surface area contributed by atoms with E-state index in [1.165, 1.54) is 5.56 Å². The summed E-state index contributed by atoms with van der Waals surface area (Å²) in [5.74, 6) is 0.0853. The number of hydrogen-bond donors (Lipinski definition) is 4. The number of carbonyl (C=O) groups is 1. The molecule has 0 saturated carbocycles. The van der Waals surface area contributed by atoms with Crippen LogP contribution in [0.2, 0.25) is 0 Å². The number of para-hydroxylation sites is 1. The van der Waals surface area contributed by atoms with E-state index in [0.717, 1.165) is 37.8 Å². The minimum Gasteiger partial charge on any atom is -0.326 e. The Morgan fingerprint density at radius 3 is 2.71 bits per heavy atom. The quantitative estimate of drug-likeness (QED) is 0.257. The second-order valence-corrected chi connectivity index (χ2v) is 6.71. The predicted octanol–water partition coefficient (Wildman–Crippen LogP) is 3.67. The fourth-order valence-electron chi connectivity index (χ4n) is 3.11. The average molecular weight is 380 g/mol. The molecule has 0 saturated heterocycles. The number of aromatic nitrogens is 2. The van der Waals surface area contributed by atoms with Crippen molar-refractivity contribution in [3.8, 4) is 0 Å². The monoisotopic (exact) mass is 380 g/mol. The Balaban J connectivity index is 1.55. The second-order valence-electron chi connectivity index (χ2n) is 6.71. The third-order valence-corrected chi connectivity index (χ3v) is 4.55. The molecule has 1 heterocycles. The van der Waals surface area contributed by atoms with Crippen LogP contribution >= 0.6 is 0 Å². The number of hydrogen-bond acceptors (Lipinski definition) is 5. The summed E-state index contributed by atoms with van der Waals surface area (Å²) in [4.78, 5) is 30.4. The Bertz CT molecular complexity index is 1000. The first kappa shape index (κ1) is 19.6. The summed E-state index contributed by atoms with van der Waals surface area (Å²) in [6.07, 6.45) is 5.06. The molecule has 0 atom stereocenters. The summed E-state index contributed by atoms with van der Waals surface area (Å²) >= 11 is 0. The molecule has 3 rings (SSSR count). The van der Waals surface area contributed by atoms with Crippen molar-refractivity contribution in [1.29, 1.82) is 0 Å². The van der Waals surface area contributed by atoms with Gasteiger partial charge in [-0.2, -0.15) is 0 Å². The fraction of sp³-hybridized carbons (Fsp3) is 0.286. The fourth-order valence-corrected chi connectivity index (χ4v) is 3.11. The molecule has 28 heavy (non-hydrogen) atoms. The van der Waals surface area contributed by atoms with Gasteiger partial charge in [0.1, 0.15) is 0 Å². The summed E-state index contributed by atoms with van der Waals surface area (Å²) in [6, 6.07) is 15.3. The minimum absolute atomic E-state index is 0.167. The van der Waals surface area contributed by atoms with Crippen molar-refractivity contribution >= 4 is 28.4 Å². The largest absolute Gasteiger partial charge is 0.326 e. The molecule has 146 valence electrons. The zero-order valence-electron chi connectivity index (χ0n) is 15.6. The van der Waals surface area contributed by atoms with Crippen LogP contribution in [0.3, 0.4) is 0 Å². The highest BCUT2D eigenvalue weighted by molar-refractivity contribution is 5.78. The highest BCUT2D eigenvalue weighted by atomic mass is 16.5. The molecule has 0 radical (unpaired) electrons. The summed E-state index contributed by atoms with van der Waals surface area (Å²) in [5.41, 5.74) is 4.20. The van der Waals surface area contributed by atoms with E-state index in [1.807, 2.05) is 36.4 Å². The number of anilines is 2. The first-order valence-electron chi connectivity index (χ1n) is 9.43. The van der Waals surface area contributed by atoms with Gasteiger partial charge in [-0.1, -0.05) is 37.1 Å². The molecule has 1 amide bonds. The van der Waals surface area contributed by atoms with E-state index in [4.69, 9.17) is 5.21 Å². The van der Waals surface area contributed by atoms with Crippen LogP contribution in [0.1, 0.15) is 37.7 Å². The van der Waals surface area contributed by atoms with Crippen molar-refractivity contribution in [2.24, 2.45) is 0 Å². The predicted molar refractivity (Wildman–Crippen MR) is 109 cm³/mol. The number of carbonyl (C=O) groups excluding carboxylic acids is 1. The number of hydroxylamine groups is 1. The number of amides is 1. The smallest absolute Gasteiger partial charge is 0.260 e. The van der Waals surface area contributed by atoms with Gasteiger partial charge in [0.25, 0.3) is 5.56 Å². The van der Waals surface area contributed by atoms with E-state index in [0.29, 0.717) is 23.3 Å². The average Bonchev–Trinajstić information content (AvgIpc) is 2.70. The zero-order valence-corrected chi connectivity index (χ0v) is 15.6. The Morgan fingerprint density at radius 1 is 1.04 bits per heavy atom. The van der Waals surface area contributed by atoms with Crippen molar-refractivity contribution in [2.45, 2.75) is 38.5 Å². The minimum atomic E-state index is -0.334. The Morgan fingerprint density at radius 2 is 1.86 bits per heavy atom. The molecule has 4 N–H and O–H groups in total. The highest BCUT2D eigenvalue weighted by Crippen LogP contribution is 2.17. The van der Waals surface area contributed by atoms with E-state index >= 15 is 0 Å². The SMILES string of the molecule is O=C(CCCCCCc1cccc(Nc2nc3ccccc3c(=O)[nH]2)c1)NO. The third kappa shape index (κ3) is 5.40. The molecular formula is C21H24N4O3. The van der Waals surface area contributed by atoms with Crippen LogP contribution in [-0.2, 0) is 11.2 Å². The molecular weight excluding hydrogens is 356 g/mol.